The molecule has 1 saturated carbocycles. The highest BCUT2D eigenvalue weighted by molar-refractivity contribution is 5.93. The van der Waals surface area contributed by atoms with E-state index in [0.717, 1.165) is 12.8 Å². The lowest BCUT2D eigenvalue weighted by Gasteiger charge is -2.32. The number of imidazole rings is 1. The Morgan fingerprint density at radius 3 is 2.20 bits per heavy atom. The van der Waals surface area contributed by atoms with Crippen LogP contribution in [0.15, 0.2) is 36.4 Å². The Hall–Kier alpha value is -4.79. The predicted molar refractivity (Wildman–Crippen MR) is 221 cm³/mol. The summed E-state index contributed by atoms with van der Waals surface area (Å²) in [5.74, 6) is -2.81. The third kappa shape index (κ3) is 8.82. The molecule has 3 amide bonds. The number of fused-ring (bicyclic) bond motifs is 2. The van der Waals surface area contributed by atoms with E-state index in [-0.39, 0.29) is 80.7 Å². The van der Waals surface area contributed by atoms with Crippen LogP contribution in [0.4, 0.5) is 17.6 Å². The number of carbonyl (C=O) groups is 4. The predicted octanol–water partition coefficient (Wildman–Crippen LogP) is 6.66. The maximum absolute atomic E-state index is 15.5. The van der Waals surface area contributed by atoms with Crippen LogP contribution in [0.25, 0.3) is 33.5 Å². The number of carbonyl (C=O) groups excluding carboxylic acids is 4. The highest BCUT2D eigenvalue weighted by Gasteiger charge is 2.45. The number of nitrogens with zero attached hydrogens (tertiary/aromatic N) is 4. The molecule has 8 unspecified atom stereocenters. The molecule has 3 N–H and O–H groups in total. The normalized spacial score (nSPS) is 22.8. The fourth-order valence-corrected chi connectivity index (χ4v) is 9.08. The first-order valence-corrected chi connectivity index (χ1v) is 21.4. The zero-order chi connectivity index (χ0) is 43.2. The molecule has 0 radical (unpaired) electrons. The molecule has 2 aromatic heterocycles. The summed E-state index contributed by atoms with van der Waals surface area (Å²) in [5, 5.41) is 6.47. The Morgan fingerprint density at radius 2 is 1.55 bits per heavy atom. The monoisotopic (exact) mass is 835 g/mol. The van der Waals surface area contributed by atoms with Crippen molar-refractivity contribution >= 4 is 45.4 Å². The number of aromatic nitrogens is 3. The van der Waals surface area contributed by atoms with Gasteiger partial charge in [-0.2, -0.15) is 0 Å². The number of likely N-dealkylation sites (N-methyl/N-ethyl adjacent to an activating group) is 1. The summed E-state index contributed by atoms with van der Waals surface area (Å²) < 4.78 is 62.4. The average molecular weight is 836 g/mol. The van der Waals surface area contributed by atoms with Crippen LogP contribution in [-0.4, -0.2) is 104 Å². The molecule has 0 bridgehead atoms. The quantitative estimate of drug-likeness (QED) is 0.108. The van der Waals surface area contributed by atoms with E-state index in [1.54, 1.807) is 42.5 Å². The van der Waals surface area contributed by atoms with Gasteiger partial charge in [0, 0.05) is 60.7 Å². The molecule has 4 heterocycles. The Morgan fingerprint density at radius 1 is 0.900 bits per heavy atom. The van der Waals surface area contributed by atoms with Crippen molar-refractivity contribution in [3.05, 3.63) is 53.6 Å². The van der Waals surface area contributed by atoms with Gasteiger partial charge >= 0.3 is 0 Å². The second-order valence-corrected chi connectivity index (χ2v) is 17.7. The van der Waals surface area contributed by atoms with Crippen LogP contribution >= 0.6 is 0 Å². The van der Waals surface area contributed by atoms with Gasteiger partial charge in [0.1, 0.15) is 35.8 Å². The van der Waals surface area contributed by atoms with E-state index in [1.165, 1.54) is 29.2 Å². The number of alkyl halides is 2. The molecule has 11 nitrogen and oxygen atoms in total. The molecule has 0 spiro atoms. The van der Waals surface area contributed by atoms with Crippen molar-refractivity contribution in [1.82, 2.24) is 35.0 Å². The van der Waals surface area contributed by atoms with Crippen molar-refractivity contribution in [3.63, 3.8) is 0 Å². The number of Topliss-reactive ketones (excluding diaryl/α,β-unsaturated/α-hetero) is 1. The molecule has 2 aliphatic heterocycles. The molecule has 4 aromatic rings. The summed E-state index contributed by atoms with van der Waals surface area (Å²) in [6.07, 6.45) is -0.114. The van der Waals surface area contributed by atoms with Crippen molar-refractivity contribution in [1.29, 1.82) is 0 Å². The molecule has 3 aliphatic rings. The smallest absolute Gasteiger partial charge is 0.245 e. The van der Waals surface area contributed by atoms with Gasteiger partial charge in [0.25, 0.3) is 0 Å². The van der Waals surface area contributed by atoms with E-state index in [0.29, 0.717) is 45.4 Å². The number of halogens is 4. The molecule has 2 aromatic carbocycles. The molecule has 8 atom stereocenters. The van der Waals surface area contributed by atoms with Crippen molar-refractivity contribution in [3.8, 4) is 11.5 Å². The van der Waals surface area contributed by atoms with Crippen LogP contribution in [0.1, 0.15) is 78.7 Å². The maximum atomic E-state index is 15.5. The number of hydrogen-bond donors (Lipinski definition) is 3. The third-order valence-corrected chi connectivity index (χ3v) is 13.1. The molecule has 324 valence electrons. The standard InChI is InChI=1S/C45H57F4N7O4/c1-7-24(4)43(58)53-40(23(2)3)45(60)55-21-30(49)15-32(55)22-56-38-13-11-28(47)17-37(38)52-42(56)41-35(33-12-10-27(46)16-36(33)51-41)18-31-14-29(48)20-54(31)44(59)34(26-8-9-26)19-39(57)25(5)50-6/h10-13,16-17,23-26,29-32,34,40,50-51H,7-9,14-15,18-22H2,1-6H3,(H,53,58). The number of amides is 3. The van der Waals surface area contributed by atoms with Gasteiger partial charge in [-0.05, 0) is 87.4 Å². The number of likely N-dealkylation sites (tertiary alicyclic amines) is 2. The zero-order valence-corrected chi connectivity index (χ0v) is 35.2. The van der Waals surface area contributed by atoms with Crippen LogP contribution in [0, 0.1) is 35.3 Å². The number of rotatable bonds is 16. The molecule has 2 saturated heterocycles. The van der Waals surface area contributed by atoms with Gasteiger partial charge in [0.05, 0.1) is 41.9 Å². The summed E-state index contributed by atoms with van der Waals surface area (Å²) in [7, 11) is 1.69. The molecule has 1 aliphatic carbocycles. The van der Waals surface area contributed by atoms with Gasteiger partial charge in [-0.3, -0.25) is 19.2 Å². The first-order chi connectivity index (χ1) is 28.6. The third-order valence-electron chi connectivity index (χ3n) is 13.1. The Balaban J connectivity index is 1.27. The lowest BCUT2D eigenvalue weighted by molar-refractivity contribution is -0.140. The lowest BCUT2D eigenvalue weighted by Crippen LogP contribution is -2.54. The molecule has 60 heavy (non-hydrogen) atoms. The summed E-state index contributed by atoms with van der Waals surface area (Å²) >= 11 is 0. The summed E-state index contributed by atoms with van der Waals surface area (Å²) in [6.45, 7) is 8.85. The van der Waals surface area contributed by atoms with Crippen LogP contribution in [0.3, 0.4) is 0 Å². The van der Waals surface area contributed by atoms with Gasteiger partial charge in [0.2, 0.25) is 17.7 Å². The second kappa shape index (κ2) is 17.7. The fraction of sp³-hybridized carbons (Fsp3) is 0.578. The van der Waals surface area contributed by atoms with Crippen LogP contribution in [-0.2, 0) is 32.1 Å². The van der Waals surface area contributed by atoms with Gasteiger partial charge in [0.15, 0.2) is 5.82 Å². The maximum Gasteiger partial charge on any atom is 0.245 e. The highest BCUT2D eigenvalue weighted by Crippen LogP contribution is 2.42. The van der Waals surface area contributed by atoms with E-state index in [9.17, 15) is 28.0 Å². The minimum Gasteiger partial charge on any atom is -0.352 e. The van der Waals surface area contributed by atoms with Crippen LogP contribution < -0.4 is 10.6 Å². The van der Waals surface area contributed by atoms with E-state index < -0.39 is 60.0 Å². The van der Waals surface area contributed by atoms with Gasteiger partial charge in [-0.15, -0.1) is 0 Å². The number of aromatic amines is 1. The van der Waals surface area contributed by atoms with Crippen LogP contribution in [0.5, 0.6) is 0 Å². The fourth-order valence-electron chi connectivity index (χ4n) is 9.08. The first-order valence-electron chi connectivity index (χ1n) is 21.4. The molecule has 15 heteroatoms. The van der Waals surface area contributed by atoms with Gasteiger partial charge in [-0.25, -0.2) is 22.5 Å². The van der Waals surface area contributed by atoms with Gasteiger partial charge in [-0.1, -0.05) is 27.7 Å². The largest absolute Gasteiger partial charge is 0.352 e. The lowest BCUT2D eigenvalue weighted by atomic mass is 9.92. The highest BCUT2D eigenvalue weighted by atomic mass is 19.1. The SMILES string of the molecule is CCC(C)C(=O)NC(C(=O)N1CC(F)CC1Cn1c(-c2[nH]c3cc(F)ccc3c2CC2CC(F)CN2C(=O)C(CC(=O)C(C)NC)C2CC2)nc2cc(F)ccc21)C(C)C. The van der Waals surface area contributed by atoms with Crippen LogP contribution in [0.2, 0.25) is 0 Å². The van der Waals surface area contributed by atoms with E-state index >= 15 is 8.78 Å². The average Bonchev–Trinajstić information content (AvgIpc) is 3.58. The molecular formula is C45H57F4N7O4. The number of nitrogens with one attached hydrogen (secondary N) is 3. The summed E-state index contributed by atoms with van der Waals surface area (Å²) in [5.41, 5.74) is 2.31. The Bertz CT molecular complexity index is 2110. The minimum atomic E-state index is -1.34. The number of ketones is 1. The number of benzene rings is 2. The molecule has 3 fully saturated rings. The van der Waals surface area contributed by atoms with E-state index in [1.807, 2.05) is 20.8 Å². The first kappa shape index (κ1) is 43.3. The Kier molecular flexibility index (Phi) is 12.8. The second-order valence-electron chi connectivity index (χ2n) is 17.7. The van der Waals surface area contributed by atoms with Crippen molar-refractivity contribution in [2.45, 2.75) is 123 Å². The molecular weight excluding hydrogens is 779 g/mol. The molecule has 7 rings (SSSR count). The number of H-pyrrole nitrogens is 1. The van der Waals surface area contributed by atoms with Crippen molar-refractivity contribution in [2.24, 2.45) is 23.7 Å². The minimum absolute atomic E-state index is 0.00966. The Labute approximate surface area is 348 Å². The van der Waals surface area contributed by atoms with E-state index in [2.05, 4.69) is 15.6 Å². The summed E-state index contributed by atoms with van der Waals surface area (Å²) in [4.78, 5) is 65.9. The van der Waals surface area contributed by atoms with Crippen molar-refractivity contribution in [2.75, 3.05) is 20.1 Å². The topological polar surface area (TPSA) is 132 Å². The number of hydrogen-bond acceptors (Lipinski definition) is 6. The van der Waals surface area contributed by atoms with E-state index in [4.69, 9.17) is 4.98 Å². The summed E-state index contributed by atoms with van der Waals surface area (Å²) in [6, 6.07) is 5.84. The zero-order valence-electron chi connectivity index (χ0n) is 35.2. The van der Waals surface area contributed by atoms with Gasteiger partial charge < -0.3 is 30.0 Å². The van der Waals surface area contributed by atoms with Crippen molar-refractivity contribution < 1.29 is 36.7 Å².